The summed E-state index contributed by atoms with van der Waals surface area (Å²) in [5.74, 6) is 0. The smallest absolute Gasteiger partial charge is 0.0685 e. The Morgan fingerprint density at radius 2 is 2.14 bits per heavy atom. The molecule has 0 radical (unpaired) electrons. The van der Waals surface area contributed by atoms with Crippen molar-refractivity contribution < 1.29 is 10.2 Å². The molecule has 0 rings (SSSR count). The van der Waals surface area contributed by atoms with Crippen molar-refractivity contribution in [2.45, 2.75) is 19.1 Å². The van der Waals surface area contributed by atoms with Crippen LogP contribution in [0.25, 0.3) is 0 Å². The van der Waals surface area contributed by atoms with Crippen molar-refractivity contribution >= 4 is 0 Å². The molecule has 44 valence electrons. The van der Waals surface area contributed by atoms with Crippen molar-refractivity contribution in [2.75, 3.05) is 6.61 Å². The molecule has 0 aromatic rings. The molecule has 0 amide bonds. The minimum absolute atomic E-state index is 0.155. The van der Waals surface area contributed by atoms with Crippen molar-refractivity contribution in [1.29, 1.82) is 0 Å². The number of hydrogen-bond donors (Lipinski definition) is 3. The van der Waals surface area contributed by atoms with Crippen molar-refractivity contribution in [2.24, 2.45) is 5.73 Å². The fraction of sp³-hybridized carbons (Fsp3) is 1.00. The fourth-order valence-corrected chi connectivity index (χ4v) is 0.153. The molecule has 0 heterocycles. The van der Waals surface area contributed by atoms with Crippen LogP contribution in [0.15, 0.2) is 0 Å². The quantitative estimate of drug-likeness (QED) is 0.408. The maximum absolute atomic E-state index is 8.54. The third-order valence-corrected chi connectivity index (χ3v) is 0.830. The minimum Gasteiger partial charge on any atom is -0.395 e. The van der Waals surface area contributed by atoms with E-state index in [0.29, 0.717) is 0 Å². The van der Waals surface area contributed by atoms with E-state index in [1.165, 1.54) is 0 Å². The standard InChI is InChI=1S/C4H11NO2/c1-3(7)4(5)2-6/h3-4,6-7H,2,5H2,1H3/t3-,4?/m1/s1. The second-order valence-electron chi connectivity index (χ2n) is 1.59. The summed E-state index contributed by atoms with van der Waals surface area (Å²) < 4.78 is 0. The van der Waals surface area contributed by atoms with Gasteiger partial charge in [0, 0.05) is 0 Å². The molecule has 0 saturated carbocycles. The zero-order chi connectivity index (χ0) is 5.86. The number of aliphatic hydroxyl groups excluding tert-OH is 2. The molecule has 0 spiro atoms. The van der Waals surface area contributed by atoms with Gasteiger partial charge in [0.05, 0.1) is 18.8 Å². The van der Waals surface area contributed by atoms with Gasteiger partial charge in [-0.1, -0.05) is 0 Å². The van der Waals surface area contributed by atoms with E-state index in [4.69, 9.17) is 15.9 Å². The predicted molar refractivity (Wildman–Crippen MR) is 26.7 cm³/mol. The Bertz CT molecular complexity index is 47.0. The van der Waals surface area contributed by atoms with Crippen LogP contribution in [0.2, 0.25) is 0 Å². The van der Waals surface area contributed by atoms with Crippen LogP contribution in [0.3, 0.4) is 0 Å². The average molecular weight is 105 g/mol. The van der Waals surface area contributed by atoms with Crippen molar-refractivity contribution in [3.8, 4) is 0 Å². The molecule has 0 aromatic carbocycles. The molecule has 0 saturated heterocycles. The minimum atomic E-state index is -0.606. The van der Waals surface area contributed by atoms with E-state index in [9.17, 15) is 0 Å². The normalized spacial score (nSPS) is 18.9. The number of rotatable bonds is 2. The topological polar surface area (TPSA) is 66.5 Å². The number of nitrogens with two attached hydrogens (primary N) is 1. The zero-order valence-electron chi connectivity index (χ0n) is 4.33. The Hall–Kier alpha value is -0.120. The third-order valence-electron chi connectivity index (χ3n) is 0.830. The summed E-state index contributed by atoms with van der Waals surface area (Å²) in [5.41, 5.74) is 5.12. The Morgan fingerprint density at radius 3 is 2.14 bits per heavy atom. The highest BCUT2D eigenvalue weighted by Crippen LogP contribution is 1.83. The maximum atomic E-state index is 8.54. The maximum Gasteiger partial charge on any atom is 0.0685 e. The molecular formula is C4H11NO2. The highest BCUT2D eigenvalue weighted by molar-refractivity contribution is 4.63. The van der Waals surface area contributed by atoms with Crippen LogP contribution in [0.4, 0.5) is 0 Å². The summed E-state index contributed by atoms with van der Waals surface area (Å²) >= 11 is 0. The van der Waals surface area contributed by atoms with E-state index in [-0.39, 0.29) is 6.61 Å². The van der Waals surface area contributed by atoms with Gasteiger partial charge in [0.15, 0.2) is 0 Å². The first kappa shape index (κ1) is 6.88. The summed E-state index contributed by atoms with van der Waals surface area (Å²) in [6.07, 6.45) is -0.606. The van der Waals surface area contributed by atoms with Gasteiger partial charge in [-0.05, 0) is 6.92 Å². The molecule has 0 aliphatic rings. The van der Waals surface area contributed by atoms with E-state index >= 15 is 0 Å². The van der Waals surface area contributed by atoms with E-state index in [0.717, 1.165) is 0 Å². The molecule has 0 fully saturated rings. The van der Waals surface area contributed by atoms with Gasteiger partial charge in [0.2, 0.25) is 0 Å². The van der Waals surface area contributed by atoms with Gasteiger partial charge >= 0.3 is 0 Å². The van der Waals surface area contributed by atoms with Gasteiger partial charge in [0.1, 0.15) is 0 Å². The Balaban J connectivity index is 3.14. The van der Waals surface area contributed by atoms with Gasteiger partial charge in [-0.3, -0.25) is 0 Å². The van der Waals surface area contributed by atoms with E-state index in [1.54, 1.807) is 6.92 Å². The summed E-state index contributed by atoms with van der Waals surface area (Å²) in [5, 5.41) is 16.8. The van der Waals surface area contributed by atoms with Crippen LogP contribution < -0.4 is 5.73 Å². The molecule has 4 N–H and O–H groups in total. The monoisotopic (exact) mass is 105 g/mol. The summed E-state index contributed by atoms with van der Waals surface area (Å²) in [6.45, 7) is 1.39. The first-order valence-electron chi connectivity index (χ1n) is 2.23. The molecule has 3 nitrogen and oxygen atoms in total. The first-order chi connectivity index (χ1) is 3.18. The molecule has 3 heteroatoms. The van der Waals surface area contributed by atoms with Gasteiger partial charge < -0.3 is 15.9 Å². The summed E-state index contributed by atoms with van der Waals surface area (Å²) in [7, 11) is 0. The Kier molecular flexibility index (Phi) is 2.91. The molecule has 1 unspecified atom stereocenters. The van der Waals surface area contributed by atoms with Crippen LogP contribution in [-0.2, 0) is 0 Å². The van der Waals surface area contributed by atoms with Crippen LogP contribution in [0.5, 0.6) is 0 Å². The molecule has 0 aliphatic heterocycles. The summed E-state index contributed by atoms with van der Waals surface area (Å²) in [6, 6.07) is -0.486. The van der Waals surface area contributed by atoms with Gasteiger partial charge in [-0.15, -0.1) is 0 Å². The predicted octanol–water partition coefficient (Wildman–Crippen LogP) is -1.31. The number of hydrogen-bond acceptors (Lipinski definition) is 3. The zero-order valence-corrected chi connectivity index (χ0v) is 4.33. The van der Waals surface area contributed by atoms with E-state index in [1.807, 2.05) is 0 Å². The van der Waals surface area contributed by atoms with Crippen LogP contribution in [0.1, 0.15) is 6.92 Å². The molecule has 0 bridgehead atoms. The second-order valence-corrected chi connectivity index (χ2v) is 1.59. The van der Waals surface area contributed by atoms with Gasteiger partial charge in [-0.25, -0.2) is 0 Å². The van der Waals surface area contributed by atoms with Crippen LogP contribution in [-0.4, -0.2) is 29.0 Å². The van der Waals surface area contributed by atoms with Gasteiger partial charge in [-0.2, -0.15) is 0 Å². The van der Waals surface area contributed by atoms with Crippen LogP contribution in [0, 0.1) is 0 Å². The second kappa shape index (κ2) is 2.96. The highest BCUT2D eigenvalue weighted by atomic mass is 16.3. The largest absolute Gasteiger partial charge is 0.395 e. The average Bonchev–Trinajstić information content (AvgIpc) is 1.65. The fourth-order valence-electron chi connectivity index (χ4n) is 0.153. The molecule has 0 aliphatic carbocycles. The SMILES string of the molecule is C[C@@H](O)C(N)CO. The Labute approximate surface area is 42.8 Å². The molecule has 7 heavy (non-hydrogen) atoms. The van der Waals surface area contributed by atoms with Crippen molar-refractivity contribution in [3.63, 3.8) is 0 Å². The Morgan fingerprint density at radius 1 is 1.71 bits per heavy atom. The van der Waals surface area contributed by atoms with Crippen molar-refractivity contribution in [1.82, 2.24) is 0 Å². The lowest BCUT2D eigenvalue weighted by molar-refractivity contribution is 0.123. The summed E-state index contributed by atoms with van der Waals surface area (Å²) in [4.78, 5) is 0. The van der Waals surface area contributed by atoms with Gasteiger partial charge in [0.25, 0.3) is 0 Å². The lowest BCUT2D eigenvalue weighted by Crippen LogP contribution is -2.35. The lowest BCUT2D eigenvalue weighted by Gasteiger charge is -2.08. The van der Waals surface area contributed by atoms with E-state index < -0.39 is 12.1 Å². The van der Waals surface area contributed by atoms with Crippen LogP contribution >= 0.6 is 0 Å². The molecule has 0 aromatic heterocycles. The lowest BCUT2D eigenvalue weighted by atomic mass is 10.2. The number of aliphatic hydroxyl groups is 2. The highest BCUT2D eigenvalue weighted by Gasteiger charge is 2.04. The van der Waals surface area contributed by atoms with E-state index in [2.05, 4.69) is 0 Å². The third kappa shape index (κ3) is 2.56. The molecular weight excluding hydrogens is 94.0 g/mol. The molecule has 2 atom stereocenters. The first-order valence-corrected chi connectivity index (χ1v) is 2.23. The van der Waals surface area contributed by atoms with Crippen molar-refractivity contribution in [3.05, 3.63) is 0 Å².